The second kappa shape index (κ2) is 4.82. The molecule has 0 radical (unpaired) electrons. The number of benzene rings is 1. The largest absolute Gasteiger partial charge is 0.478 e. The molecule has 6 nitrogen and oxygen atoms in total. The third-order valence-corrected chi connectivity index (χ3v) is 4.37. The number of fused-ring (bicyclic) bond motifs is 4. The van der Waals surface area contributed by atoms with Gasteiger partial charge >= 0.3 is 0 Å². The van der Waals surface area contributed by atoms with Crippen LogP contribution in [0.5, 0.6) is 17.4 Å². The van der Waals surface area contributed by atoms with E-state index < -0.39 is 11.5 Å². The number of hydrogen-bond acceptors (Lipinski definition) is 6. The molecule has 23 heavy (non-hydrogen) atoms. The first-order valence-electron chi connectivity index (χ1n) is 6.74. The van der Waals surface area contributed by atoms with Gasteiger partial charge in [0, 0.05) is 21.7 Å². The fourth-order valence-corrected chi connectivity index (χ4v) is 3.26. The van der Waals surface area contributed by atoms with Crippen molar-refractivity contribution in [2.75, 3.05) is 13.7 Å². The van der Waals surface area contributed by atoms with Crippen LogP contribution < -0.4 is 15.2 Å². The molecule has 4 rings (SSSR count). The summed E-state index contributed by atoms with van der Waals surface area (Å²) >= 11 is 3.43. The van der Waals surface area contributed by atoms with Gasteiger partial charge in [-0.3, -0.25) is 0 Å². The maximum atomic E-state index is 14.0. The number of amidine groups is 1. The van der Waals surface area contributed by atoms with Crippen molar-refractivity contribution in [3.8, 4) is 17.4 Å². The van der Waals surface area contributed by atoms with E-state index in [2.05, 4.69) is 25.9 Å². The summed E-state index contributed by atoms with van der Waals surface area (Å²) in [5.74, 6) is 0.233. The third-order valence-electron chi connectivity index (χ3n) is 3.88. The minimum atomic E-state index is -0.992. The smallest absolute Gasteiger partial charge is 0.283 e. The van der Waals surface area contributed by atoms with E-state index in [9.17, 15) is 4.39 Å². The second-order valence-electron chi connectivity index (χ2n) is 5.17. The Morgan fingerprint density at radius 3 is 2.87 bits per heavy atom. The van der Waals surface area contributed by atoms with Crippen LogP contribution in [0.25, 0.3) is 0 Å². The van der Waals surface area contributed by atoms with Crippen molar-refractivity contribution >= 4 is 22.0 Å². The lowest BCUT2D eigenvalue weighted by Crippen LogP contribution is -2.31. The van der Waals surface area contributed by atoms with Crippen LogP contribution in [-0.4, -0.2) is 24.7 Å². The zero-order valence-corrected chi connectivity index (χ0v) is 13.6. The van der Waals surface area contributed by atoms with E-state index >= 15 is 0 Å². The number of pyridine rings is 1. The SMILES string of the molecule is COc1nc(F)cc2c1Oc1ccc(Br)cc1[C@@]21COC(N)=N1. The van der Waals surface area contributed by atoms with Crippen LogP contribution in [0.1, 0.15) is 11.1 Å². The Balaban J connectivity index is 2.07. The molecule has 0 fully saturated rings. The number of halogens is 2. The summed E-state index contributed by atoms with van der Waals surface area (Å²) in [4.78, 5) is 8.17. The minimum Gasteiger partial charge on any atom is -0.478 e. The zero-order valence-electron chi connectivity index (χ0n) is 12.0. The van der Waals surface area contributed by atoms with Crippen molar-refractivity contribution in [1.29, 1.82) is 0 Å². The van der Waals surface area contributed by atoms with Gasteiger partial charge in [0.2, 0.25) is 5.95 Å². The Labute approximate surface area is 139 Å². The van der Waals surface area contributed by atoms with E-state index in [4.69, 9.17) is 19.9 Å². The molecule has 8 heteroatoms. The van der Waals surface area contributed by atoms with Gasteiger partial charge in [-0.2, -0.15) is 9.37 Å². The summed E-state index contributed by atoms with van der Waals surface area (Å²) in [6.45, 7) is 0.144. The van der Waals surface area contributed by atoms with Crippen molar-refractivity contribution in [1.82, 2.24) is 4.98 Å². The number of aliphatic imine (C=N–C) groups is 1. The molecule has 1 atom stereocenters. The Hall–Kier alpha value is -2.35. The average Bonchev–Trinajstić information content (AvgIpc) is 2.91. The van der Waals surface area contributed by atoms with Gasteiger partial charge in [-0.05, 0) is 18.2 Å². The van der Waals surface area contributed by atoms with Crippen molar-refractivity contribution in [3.63, 3.8) is 0 Å². The maximum Gasteiger partial charge on any atom is 0.283 e. The standard InChI is InChI=1S/C15H11BrFN3O3/c1-21-13-12-9(5-11(17)19-13)15(6-22-14(18)20-15)8-4-7(16)2-3-10(8)23-12/h2-5H,6H2,1H3,(H2,18,20)/t15-/m0/s1. The van der Waals surface area contributed by atoms with Crippen molar-refractivity contribution in [2.24, 2.45) is 10.7 Å². The van der Waals surface area contributed by atoms with E-state index in [0.29, 0.717) is 17.1 Å². The van der Waals surface area contributed by atoms with Gasteiger partial charge in [0.1, 0.15) is 12.4 Å². The second-order valence-corrected chi connectivity index (χ2v) is 6.09. The van der Waals surface area contributed by atoms with Crippen LogP contribution in [0.3, 0.4) is 0 Å². The molecular formula is C15H11BrFN3O3. The summed E-state index contributed by atoms with van der Waals surface area (Å²) in [5.41, 5.74) is 5.94. The number of methoxy groups -OCH3 is 1. The van der Waals surface area contributed by atoms with Gasteiger partial charge in [0.15, 0.2) is 11.3 Å². The van der Waals surface area contributed by atoms with Gasteiger partial charge in [0.05, 0.1) is 7.11 Å². The molecule has 0 saturated heterocycles. The molecule has 2 N–H and O–H groups in total. The predicted molar refractivity (Wildman–Crippen MR) is 83.3 cm³/mol. The Morgan fingerprint density at radius 1 is 1.35 bits per heavy atom. The van der Waals surface area contributed by atoms with Crippen LogP contribution in [0.2, 0.25) is 0 Å². The van der Waals surface area contributed by atoms with Crippen molar-refractivity contribution in [3.05, 3.63) is 45.8 Å². The number of nitrogens with two attached hydrogens (primary N) is 1. The van der Waals surface area contributed by atoms with Gasteiger partial charge in [-0.15, -0.1) is 0 Å². The van der Waals surface area contributed by atoms with Crippen LogP contribution in [0.4, 0.5) is 4.39 Å². The molecule has 0 aliphatic carbocycles. The van der Waals surface area contributed by atoms with Crippen LogP contribution in [0.15, 0.2) is 33.7 Å². The predicted octanol–water partition coefficient (Wildman–Crippen LogP) is 2.69. The Bertz CT molecular complexity index is 858. The molecule has 1 aromatic carbocycles. The number of aromatic nitrogens is 1. The highest BCUT2D eigenvalue weighted by Gasteiger charge is 2.48. The Kier molecular flexibility index (Phi) is 2.99. The monoisotopic (exact) mass is 379 g/mol. The number of nitrogens with zero attached hydrogens (tertiary/aromatic N) is 2. The average molecular weight is 380 g/mol. The maximum absolute atomic E-state index is 14.0. The Morgan fingerprint density at radius 2 is 2.17 bits per heavy atom. The van der Waals surface area contributed by atoms with Crippen LogP contribution >= 0.6 is 15.9 Å². The lowest BCUT2D eigenvalue weighted by Gasteiger charge is -2.33. The van der Waals surface area contributed by atoms with Crippen LogP contribution in [0, 0.1) is 5.95 Å². The summed E-state index contributed by atoms with van der Waals surface area (Å²) in [6.07, 6.45) is 0. The van der Waals surface area contributed by atoms with E-state index in [0.717, 1.165) is 10.0 Å². The quantitative estimate of drug-likeness (QED) is 0.770. The van der Waals surface area contributed by atoms with E-state index in [1.54, 1.807) is 6.07 Å². The normalized spacial score (nSPS) is 21.1. The van der Waals surface area contributed by atoms with Gasteiger partial charge in [-0.1, -0.05) is 15.9 Å². The highest BCUT2D eigenvalue weighted by molar-refractivity contribution is 9.10. The highest BCUT2D eigenvalue weighted by Crippen LogP contribution is 2.53. The molecule has 3 heterocycles. The number of rotatable bonds is 1. The molecule has 2 aromatic rings. The molecule has 0 saturated carbocycles. The van der Waals surface area contributed by atoms with E-state index in [1.165, 1.54) is 13.2 Å². The van der Waals surface area contributed by atoms with Crippen molar-refractivity contribution in [2.45, 2.75) is 5.54 Å². The van der Waals surface area contributed by atoms with Gasteiger partial charge < -0.3 is 19.9 Å². The van der Waals surface area contributed by atoms with Gasteiger partial charge in [0.25, 0.3) is 11.9 Å². The first kappa shape index (κ1) is 14.3. The summed E-state index contributed by atoms with van der Waals surface area (Å²) < 4.78 is 31.2. The number of ether oxygens (including phenoxy) is 3. The molecule has 118 valence electrons. The fourth-order valence-electron chi connectivity index (χ4n) is 2.90. The van der Waals surface area contributed by atoms with Gasteiger partial charge in [-0.25, -0.2) is 4.99 Å². The van der Waals surface area contributed by atoms with E-state index in [1.807, 2.05) is 12.1 Å². The molecule has 1 aromatic heterocycles. The fraction of sp³-hybridized carbons (Fsp3) is 0.200. The zero-order chi connectivity index (χ0) is 16.2. The van der Waals surface area contributed by atoms with Crippen LogP contribution in [-0.2, 0) is 10.3 Å². The summed E-state index contributed by atoms with van der Waals surface area (Å²) in [6, 6.07) is 6.79. The third kappa shape index (κ3) is 1.98. The highest BCUT2D eigenvalue weighted by atomic mass is 79.9. The summed E-state index contributed by atoms with van der Waals surface area (Å²) in [5, 5.41) is 0. The van der Waals surface area contributed by atoms with E-state index in [-0.39, 0.29) is 18.5 Å². The number of hydrogen-bond donors (Lipinski definition) is 1. The first-order valence-corrected chi connectivity index (χ1v) is 7.54. The lowest BCUT2D eigenvalue weighted by molar-refractivity contribution is 0.258. The first-order chi connectivity index (χ1) is 11.0. The topological polar surface area (TPSA) is 79.0 Å². The molecule has 0 bridgehead atoms. The molecule has 2 aliphatic rings. The molecular weight excluding hydrogens is 369 g/mol. The summed E-state index contributed by atoms with van der Waals surface area (Å²) in [7, 11) is 1.40. The molecule has 2 aliphatic heterocycles. The molecule has 0 unspecified atom stereocenters. The molecule has 0 amide bonds. The van der Waals surface area contributed by atoms with Crippen molar-refractivity contribution < 1.29 is 18.6 Å². The lowest BCUT2D eigenvalue weighted by atomic mass is 9.82. The molecule has 1 spiro atoms. The minimum absolute atomic E-state index is 0.0416.